The highest BCUT2D eigenvalue weighted by atomic mass is 32.2. The van der Waals surface area contributed by atoms with Crippen LogP contribution in [0.15, 0.2) is 46.5 Å². The molecule has 170 valence electrons. The number of anilines is 1. The summed E-state index contributed by atoms with van der Waals surface area (Å²) in [6.07, 6.45) is 3.47. The number of carbonyl (C=O) groups is 1. The first kappa shape index (κ1) is 22.0. The highest BCUT2D eigenvalue weighted by Crippen LogP contribution is 2.31. The van der Waals surface area contributed by atoms with Crippen LogP contribution in [-0.2, 0) is 16.1 Å². The average molecular weight is 485 g/mol. The monoisotopic (exact) mass is 484 g/mol. The van der Waals surface area contributed by atoms with Crippen molar-refractivity contribution in [2.45, 2.75) is 37.6 Å². The van der Waals surface area contributed by atoms with Gasteiger partial charge in [0.15, 0.2) is 5.16 Å². The number of pyridine rings is 1. The summed E-state index contributed by atoms with van der Waals surface area (Å²) >= 11 is 2.51. The number of thioether (sulfide) groups is 1. The van der Waals surface area contributed by atoms with E-state index in [4.69, 9.17) is 9.72 Å². The van der Waals surface area contributed by atoms with Crippen LogP contribution >= 0.6 is 23.1 Å². The molecule has 7 nitrogen and oxygen atoms in total. The van der Waals surface area contributed by atoms with Gasteiger partial charge in [-0.3, -0.25) is 14.2 Å². The van der Waals surface area contributed by atoms with Crippen molar-refractivity contribution in [2.75, 3.05) is 17.7 Å². The molecule has 1 unspecified atom stereocenters. The largest absolute Gasteiger partial charge is 0.376 e. The molecule has 1 aliphatic rings. The van der Waals surface area contributed by atoms with Gasteiger partial charge in [0, 0.05) is 23.9 Å². The SMILES string of the molecule is Cc1ccc(NC(=O)CSc2nc3c(sc4ncccc43)c(=O)n2CC2CCCO2)cc1F. The van der Waals surface area contributed by atoms with E-state index in [1.54, 1.807) is 29.8 Å². The normalized spacial score (nSPS) is 16.0. The highest BCUT2D eigenvalue weighted by Gasteiger charge is 2.22. The van der Waals surface area contributed by atoms with Crippen molar-refractivity contribution < 1.29 is 13.9 Å². The first-order valence-electron chi connectivity index (χ1n) is 10.6. The Balaban J connectivity index is 1.45. The summed E-state index contributed by atoms with van der Waals surface area (Å²) in [6, 6.07) is 8.27. The minimum atomic E-state index is -0.379. The fourth-order valence-corrected chi connectivity index (χ4v) is 5.63. The lowest BCUT2D eigenvalue weighted by atomic mass is 10.2. The van der Waals surface area contributed by atoms with Crippen LogP contribution in [0.2, 0.25) is 0 Å². The van der Waals surface area contributed by atoms with Crippen LogP contribution in [0.1, 0.15) is 18.4 Å². The van der Waals surface area contributed by atoms with Crippen LogP contribution < -0.4 is 10.9 Å². The molecule has 1 N–H and O–H groups in total. The first-order chi connectivity index (χ1) is 16.0. The summed E-state index contributed by atoms with van der Waals surface area (Å²) in [7, 11) is 0. The second-order valence-corrected chi connectivity index (χ2v) is 9.82. The number of benzene rings is 1. The highest BCUT2D eigenvalue weighted by molar-refractivity contribution is 7.99. The van der Waals surface area contributed by atoms with E-state index < -0.39 is 0 Å². The van der Waals surface area contributed by atoms with Gasteiger partial charge in [0.2, 0.25) is 5.91 Å². The Morgan fingerprint density at radius 2 is 2.27 bits per heavy atom. The summed E-state index contributed by atoms with van der Waals surface area (Å²) in [6.45, 7) is 2.73. The lowest BCUT2D eigenvalue weighted by Gasteiger charge is -2.15. The zero-order valence-corrected chi connectivity index (χ0v) is 19.5. The Kier molecular flexibility index (Phi) is 6.13. The van der Waals surface area contributed by atoms with Crippen molar-refractivity contribution in [1.82, 2.24) is 14.5 Å². The third-order valence-corrected chi connectivity index (χ3v) is 7.58. The van der Waals surface area contributed by atoms with Gasteiger partial charge in [-0.2, -0.15) is 0 Å². The maximum absolute atomic E-state index is 13.8. The van der Waals surface area contributed by atoms with Gasteiger partial charge in [-0.15, -0.1) is 11.3 Å². The van der Waals surface area contributed by atoms with E-state index >= 15 is 0 Å². The van der Waals surface area contributed by atoms with E-state index in [1.165, 1.54) is 29.2 Å². The molecule has 4 aromatic rings. The number of nitrogens with zero attached hydrogens (tertiary/aromatic N) is 3. The topological polar surface area (TPSA) is 86.1 Å². The van der Waals surface area contributed by atoms with Crippen molar-refractivity contribution in [2.24, 2.45) is 0 Å². The third kappa shape index (κ3) is 4.50. The number of aromatic nitrogens is 3. The number of halogens is 1. The Morgan fingerprint density at radius 1 is 1.39 bits per heavy atom. The predicted octanol–water partition coefficient (Wildman–Crippen LogP) is 4.36. The molecule has 1 aromatic carbocycles. The van der Waals surface area contributed by atoms with Crippen LogP contribution in [0.25, 0.3) is 20.4 Å². The Hall–Kier alpha value is -2.82. The van der Waals surface area contributed by atoms with Gasteiger partial charge < -0.3 is 10.1 Å². The van der Waals surface area contributed by atoms with E-state index in [-0.39, 0.29) is 29.1 Å². The number of hydrogen-bond donors (Lipinski definition) is 1. The Morgan fingerprint density at radius 3 is 3.06 bits per heavy atom. The molecule has 0 radical (unpaired) electrons. The molecule has 1 aliphatic heterocycles. The molecule has 10 heteroatoms. The zero-order valence-electron chi connectivity index (χ0n) is 17.8. The summed E-state index contributed by atoms with van der Waals surface area (Å²) in [5.41, 5.74) is 1.34. The van der Waals surface area contributed by atoms with Crippen LogP contribution in [0.4, 0.5) is 10.1 Å². The molecular weight excluding hydrogens is 463 g/mol. The van der Waals surface area contributed by atoms with Gasteiger partial charge in [0.1, 0.15) is 15.3 Å². The molecule has 0 spiro atoms. The second-order valence-electron chi connectivity index (χ2n) is 7.88. The maximum atomic E-state index is 13.8. The van der Waals surface area contributed by atoms with E-state index in [9.17, 15) is 14.0 Å². The number of aryl methyl sites for hydroxylation is 1. The Labute approximate surface area is 197 Å². The van der Waals surface area contributed by atoms with Gasteiger partial charge >= 0.3 is 0 Å². The molecule has 0 bridgehead atoms. The van der Waals surface area contributed by atoms with Crippen LogP contribution in [0.3, 0.4) is 0 Å². The molecular formula is C23H21FN4O3S2. The van der Waals surface area contributed by atoms with Crippen molar-refractivity contribution >= 4 is 55.1 Å². The second kappa shape index (κ2) is 9.20. The summed E-state index contributed by atoms with van der Waals surface area (Å²) in [4.78, 5) is 35.8. The van der Waals surface area contributed by atoms with Crippen LogP contribution in [0, 0.1) is 12.7 Å². The van der Waals surface area contributed by atoms with Crippen molar-refractivity contribution in [3.8, 4) is 0 Å². The zero-order chi connectivity index (χ0) is 22.9. The number of ether oxygens (including phenoxy) is 1. The average Bonchev–Trinajstić information content (AvgIpc) is 3.45. The van der Waals surface area contributed by atoms with E-state index in [2.05, 4.69) is 10.3 Å². The fraction of sp³-hybridized carbons (Fsp3) is 0.304. The van der Waals surface area contributed by atoms with Crippen LogP contribution in [0.5, 0.6) is 0 Å². The van der Waals surface area contributed by atoms with Crippen LogP contribution in [-0.4, -0.2) is 38.9 Å². The maximum Gasteiger partial charge on any atom is 0.272 e. The lowest BCUT2D eigenvalue weighted by molar-refractivity contribution is -0.113. The minimum Gasteiger partial charge on any atom is -0.376 e. The van der Waals surface area contributed by atoms with E-state index in [1.807, 2.05) is 12.1 Å². The summed E-state index contributed by atoms with van der Waals surface area (Å²) < 4.78 is 21.7. The summed E-state index contributed by atoms with van der Waals surface area (Å²) in [5.74, 6) is -0.659. The molecule has 0 saturated carbocycles. The number of amides is 1. The first-order valence-corrected chi connectivity index (χ1v) is 12.4. The molecule has 1 atom stereocenters. The van der Waals surface area contributed by atoms with Gasteiger partial charge in [-0.25, -0.2) is 14.4 Å². The molecule has 0 aliphatic carbocycles. The Bertz CT molecular complexity index is 1410. The van der Waals surface area contributed by atoms with Gasteiger partial charge in [-0.1, -0.05) is 17.8 Å². The minimum absolute atomic E-state index is 0.0271. The fourth-order valence-electron chi connectivity index (χ4n) is 3.80. The standard InChI is InChI=1S/C23H21FN4O3S2/c1-13-6-7-14(10-17(13)24)26-18(29)12-32-23-27-19-16-5-2-8-25-21(16)33-20(19)22(30)28(23)11-15-4-3-9-31-15/h2,5-8,10,15H,3-4,9,11-12H2,1H3,(H,26,29). The molecule has 4 heterocycles. The molecule has 1 fully saturated rings. The quantitative estimate of drug-likeness (QED) is 0.323. The number of thiophene rings is 1. The van der Waals surface area contributed by atoms with Gasteiger partial charge in [0.05, 0.1) is 23.9 Å². The van der Waals surface area contributed by atoms with E-state index in [0.717, 1.165) is 23.1 Å². The molecule has 1 amide bonds. The number of nitrogens with one attached hydrogen (secondary N) is 1. The van der Waals surface area contributed by atoms with Gasteiger partial charge in [0.25, 0.3) is 5.56 Å². The smallest absolute Gasteiger partial charge is 0.272 e. The molecule has 1 saturated heterocycles. The molecule has 33 heavy (non-hydrogen) atoms. The summed E-state index contributed by atoms with van der Waals surface area (Å²) in [5, 5.41) is 3.98. The van der Waals surface area contributed by atoms with E-state index in [0.29, 0.717) is 39.8 Å². The molecule has 5 rings (SSSR count). The van der Waals surface area contributed by atoms with Crippen molar-refractivity contribution in [3.63, 3.8) is 0 Å². The van der Waals surface area contributed by atoms with Crippen molar-refractivity contribution in [1.29, 1.82) is 0 Å². The number of hydrogen-bond acceptors (Lipinski definition) is 7. The van der Waals surface area contributed by atoms with Gasteiger partial charge in [-0.05, 0) is 49.6 Å². The lowest BCUT2D eigenvalue weighted by Crippen LogP contribution is -2.28. The molecule has 3 aromatic heterocycles. The third-order valence-electron chi connectivity index (χ3n) is 5.52. The number of carbonyl (C=O) groups excluding carboxylic acids is 1. The number of rotatable bonds is 6. The predicted molar refractivity (Wildman–Crippen MR) is 129 cm³/mol. The van der Waals surface area contributed by atoms with Crippen molar-refractivity contribution in [3.05, 3.63) is 58.3 Å². The number of fused-ring (bicyclic) bond motifs is 3.